The van der Waals surface area contributed by atoms with Crippen molar-refractivity contribution in [3.05, 3.63) is 47.5 Å². The van der Waals surface area contributed by atoms with Crippen LogP contribution in [0.3, 0.4) is 0 Å². The summed E-state index contributed by atoms with van der Waals surface area (Å²) >= 11 is 0. The number of ketones is 1. The van der Waals surface area contributed by atoms with Gasteiger partial charge in [-0.15, -0.1) is 0 Å². The third-order valence-electron chi connectivity index (χ3n) is 6.00. The van der Waals surface area contributed by atoms with Gasteiger partial charge in [0, 0.05) is 23.2 Å². The number of hydrogen-bond acceptors (Lipinski definition) is 5. The molecule has 7 nitrogen and oxygen atoms in total. The van der Waals surface area contributed by atoms with Crippen molar-refractivity contribution in [2.75, 3.05) is 0 Å². The molecule has 0 aliphatic heterocycles. The van der Waals surface area contributed by atoms with Crippen LogP contribution in [0.15, 0.2) is 46.2 Å². The van der Waals surface area contributed by atoms with Gasteiger partial charge < -0.3 is 0 Å². The molecule has 0 radical (unpaired) electrons. The average molecular weight is 479 g/mol. The fourth-order valence-electron chi connectivity index (χ4n) is 3.86. The maximum atomic E-state index is 13.1. The van der Waals surface area contributed by atoms with Crippen LogP contribution in [0.25, 0.3) is 11.1 Å². The number of rotatable bonds is 10. The summed E-state index contributed by atoms with van der Waals surface area (Å²) in [6, 6.07) is 8.55. The van der Waals surface area contributed by atoms with Gasteiger partial charge in [0.25, 0.3) is 0 Å². The first-order chi connectivity index (χ1) is 15.1. The molecule has 0 heterocycles. The van der Waals surface area contributed by atoms with E-state index < -0.39 is 20.0 Å². The fourth-order valence-corrected chi connectivity index (χ4v) is 6.71. The molecule has 0 amide bonds. The summed E-state index contributed by atoms with van der Waals surface area (Å²) in [4.78, 5) is 13.1. The second-order valence-electron chi connectivity index (χ2n) is 8.01. The summed E-state index contributed by atoms with van der Waals surface area (Å²) in [5.74, 6) is -0.380. The minimum Gasteiger partial charge on any atom is -0.289 e. The molecule has 0 spiro atoms. The summed E-state index contributed by atoms with van der Waals surface area (Å²) in [6.45, 7) is 7.62. The van der Waals surface area contributed by atoms with Crippen LogP contribution in [0, 0.1) is 0 Å². The van der Waals surface area contributed by atoms with Crippen LogP contribution in [-0.2, 0) is 20.0 Å². The molecule has 0 fully saturated rings. The Morgan fingerprint density at radius 1 is 0.625 bits per heavy atom. The highest BCUT2D eigenvalue weighted by atomic mass is 32.2. The summed E-state index contributed by atoms with van der Waals surface area (Å²) in [7, 11) is -7.55. The van der Waals surface area contributed by atoms with E-state index in [1.807, 2.05) is 27.7 Å². The molecule has 0 atom stereocenters. The summed E-state index contributed by atoms with van der Waals surface area (Å²) in [5.41, 5.74) is 1.72. The molecule has 3 rings (SSSR count). The molecule has 0 aromatic heterocycles. The van der Waals surface area contributed by atoms with E-state index in [0.717, 1.165) is 0 Å². The molecule has 174 valence electrons. The predicted molar refractivity (Wildman–Crippen MR) is 125 cm³/mol. The zero-order chi connectivity index (χ0) is 23.7. The van der Waals surface area contributed by atoms with Crippen LogP contribution >= 0.6 is 0 Å². The molecule has 0 bridgehead atoms. The van der Waals surface area contributed by atoms with E-state index >= 15 is 0 Å². The third kappa shape index (κ3) is 4.66. The highest BCUT2D eigenvalue weighted by Crippen LogP contribution is 2.38. The second-order valence-corrected chi connectivity index (χ2v) is 11.4. The van der Waals surface area contributed by atoms with Crippen molar-refractivity contribution in [1.29, 1.82) is 0 Å². The zero-order valence-corrected chi connectivity index (χ0v) is 20.4. The van der Waals surface area contributed by atoms with Crippen LogP contribution in [0.2, 0.25) is 0 Å². The molecule has 2 N–H and O–H groups in total. The van der Waals surface area contributed by atoms with Crippen molar-refractivity contribution < 1.29 is 21.6 Å². The Hall–Kier alpha value is -2.07. The summed E-state index contributed by atoms with van der Waals surface area (Å²) in [6.07, 6.45) is 2.64. The molecule has 0 unspecified atom stereocenters. The van der Waals surface area contributed by atoms with Crippen molar-refractivity contribution in [3.8, 4) is 11.1 Å². The number of nitrogens with one attached hydrogen (secondary N) is 2. The SMILES string of the molecule is CCC(CC)NS(=O)(=O)c1ccc2c(c1)C(=O)c1cc(S(=O)(=O)NC(CC)CC)ccc1-2. The van der Waals surface area contributed by atoms with Crippen molar-refractivity contribution in [2.45, 2.75) is 75.3 Å². The third-order valence-corrected chi connectivity index (χ3v) is 9.03. The van der Waals surface area contributed by atoms with Crippen molar-refractivity contribution in [1.82, 2.24) is 9.44 Å². The van der Waals surface area contributed by atoms with Crippen molar-refractivity contribution >= 4 is 25.8 Å². The Bertz CT molecular complexity index is 1130. The van der Waals surface area contributed by atoms with Crippen LogP contribution in [0.1, 0.15) is 69.3 Å². The summed E-state index contributed by atoms with van der Waals surface area (Å²) in [5, 5.41) is 0. The number of fused-ring (bicyclic) bond motifs is 3. The molecule has 9 heteroatoms. The molecular weight excluding hydrogens is 448 g/mol. The van der Waals surface area contributed by atoms with E-state index in [9.17, 15) is 21.6 Å². The van der Waals surface area contributed by atoms with E-state index in [4.69, 9.17) is 0 Å². The van der Waals surface area contributed by atoms with Crippen LogP contribution < -0.4 is 9.44 Å². The molecule has 0 saturated carbocycles. The largest absolute Gasteiger partial charge is 0.289 e. The minimum atomic E-state index is -3.77. The Kier molecular flexibility index (Phi) is 7.24. The first-order valence-corrected chi connectivity index (χ1v) is 13.9. The van der Waals surface area contributed by atoms with E-state index in [1.165, 1.54) is 24.3 Å². The number of hydrogen-bond donors (Lipinski definition) is 2. The fraction of sp³-hybridized carbons (Fsp3) is 0.435. The van der Waals surface area contributed by atoms with E-state index in [-0.39, 0.29) is 38.8 Å². The van der Waals surface area contributed by atoms with Crippen molar-refractivity contribution in [3.63, 3.8) is 0 Å². The Morgan fingerprint density at radius 2 is 0.969 bits per heavy atom. The van der Waals surface area contributed by atoms with Gasteiger partial charge >= 0.3 is 0 Å². The lowest BCUT2D eigenvalue weighted by molar-refractivity contribution is 0.104. The standard InChI is InChI=1S/C23H30N2O5S2/c1-5-15(6-2)24-31(27,28)17-9-11-19-20-12-10-18(14-22(20)23(26)21(19)13-17)32(29,30)25-16(7-3)8-4/h9-16,24-25H,5-8H2,1-4H3. The van der Waals surface area contributed by atoms with E-state index in [2.05, 4.69) is 9.44 Å². The summed E-state index contributed by atoms with van der Waals surface area (Å²) < 4.78 is 56.4. The van der Waals surface area contributed by atoms with Gasteiger partial charge in [-0.25, -0.2) is 26.3 Å². The van der Waals surface area contributed by atoms with Gasteiger partial charge in [0.2, 0.25) is 20.0 Å². The average Bonchev–Trinajstić information content (AvgIpc) is 3.07. The van der Waals surface area contributed by atoms with Crippen LogP contribution in [-0.4, -0.2) is 34.7 Å². The topological polar surface area (TPSA) is 109 Å². The lowest BCUT2D eigenvalue weighted by atomic mass is 10.1. The Labute approximate surface area is 190 Å². The maximum absolute atomic E-state index is 13.1. The van der Waals surface area contributed by atoms with Gasteiger partial charge in [-0.1, -0.05) is 39.8 Å². The maximum Gasteiger partial charge on any atom is 0.240 e. The van der Waals surface area contributed by atoms with Gasteiger partial charge in [0.1, 0.15) is 0 Å². The molecule has 2 aromatic carbocycles. The monoisotopic (exact) mass is 478 g/mol. The first kappa shape index (κ1) is 24.6. The van der Waals surface area contributed by atoms with Crippen LogP contribution in [0.4, 0.5) is 0 Å². The molecule has 0 saturated heterocycles. The second kappa shape index (κ2) is 9.43. The normalized spacial score (nSPS) is 13.6. The van der Waals surface area contributed by atoms with Gasteiger partial charge in [-0.2, -0.15) is 0 Å². The predicted octanol–water partition coefficient (Wildman–Crippen LogP) is 3.83. The smallest absolute Gasteiger partial charge is 0.240 e. The Balaban J connectivity index is 1.97. The molecular formula is C23H30N2O5S2. The zero-order valence-electron chi connectivity index (χ0n) is 18.8. The van der Waals surface area contributed by atoms with E-state index in [1.54, 1.807) is 12.1 Å². The highest BCUT2D eigenvalue weighted by Gasteiger charge is 2.31. The first-order valence-electron chi connectivity index (χ1n) is 11.0. The lowest BCUT2D eigenvalue weighted by Crippen LogP contribution is -2.33. The quantitative estimate of drug-likeness (QED) is 0.460. The van der Waals surface area contributed by atoms with Crippen LogP contribution in [0.5, 0.6) is 0 Å². The van der Waals surface area contributed by atoms with Gasteiger partial charge in [0.15, 0.2) is 5.78 Å². The van der Waals surface area contributed by atoms with Gasteiger partial charge in [-0.3, -0.25) is 4.79 Å². The van der Waals surface area contributed by atoms with Crippen molar-refractivity contribution in [2.24, 2.45) is 0 Å². The van der Waals surface area contributed by atoms with E-state index in [0.29, 0.717) is 36.8 Å². The minimum absolute atomic E-state index is 0.0209. The van der Waals surface area contributed by atoms with Gasteiger partial charge in [0.05, 0.1) is 9.79 Å². The number of carbonyl (C=O) groups is 1. The molecule has 1 aliphatic carbocycles. The molecule has 1 aliphatic rings. The number of sulfonamides is 2. The van der Waals surface area contributed by atoms with Gasteiger partial charge in [-0.05, 0) is 61.1 Å². The molecule has 32 heavy (non-hydrogen) atoms. The number of benzene rings is 2. The molecule has 2 aromatic rings. The Morgan fingerprint density at radius 3 is 1.28 bits per heavy atom. The number of carbonyl (C=O) groups excluding carboxylic acids is 1. The lowest BCUT2D eigenvalue weighted by Gasteiger charge is -2.15. The highest BCUT2D eigenvalue weighted by molar-refractivity contribution is 7.89.